The van der Waals surface area contributed by atoms with Crippen molar-refractivity contribution in [2.24, 2.45) is 0 Å². The number of carbonyl (C=O) groups is 1. The van der Waals surface area contributed by atoms with Crippen LogP contribution in [-0.4, -0.2) is 16.2 Å². The van der Waals surface area contributed by atoms with Crippen molar-refractivity contribution in [1.82, 2.24) is 0 Å². The summed E-state index contributed by atoms with van der Waals surface area (Å²) in [5.74, 6) is -0.747. The smallest absolute Gasteiger partial charge is 0.314 e. The molecule has 86 valence electrons. The Balaban J connectivity index is 2.31. The maximum absolute atomic E-state index is 11.1. The van der Waals surface area contributed by atoms with Crippen LogP contribution in [0.15, 0.2) is 24.3 Å². The molecule has 0 amide bonds. The summed E-state index contributed by atoms with van der Waals surface area (Å²) in [6, 6.07) is 7.24. The second-order valence-electron chi connectivity index (χ2n) is 5.02. The quantitative estimate of drug-likeness (QED) is 0.819. The Bertz CT molecular complexity index is 408. The molecule has 2 rings (SSSR count). The molecule has 0 atom stereocenters. The van der Waals surface area contributed by atoms with Crippen molar-refractivity contribution >= 4 is 5.97 Å². The van der Waals surface area contributed by atoms with Crippen LogP contribution in [0, 0.1) is 0 Å². The molecule has 1 aliphatic carbocycles. The van der Waals surface area contributed by atoms with Gasteiger partial charge in [-0.05, 0) is 37.8 Å². The highest BCUT2D eigenvalue weighted by Gasteiger charge is 2.51. The normalized spacial score (nSPS) is 18.2. The summed E-state index contributed by atoms with van der Waals surface area (Å²) >= 11 is 0. The highest BCUT2D eigenvalue weighted by Crippen LogP contribution is 2.48. The van der Waals surface area contributed by atoms with Gasteiger partial charge in [0.1, 0.15) is 0 Å². The molecule has 0 spiro atoms. The molecule has 0 aromatic heterocycles. The fraction of sp³-hybridized carbons (Fsp3) is 0.462. The summed E-state index contributed by atoms with van der Waals surface area (Å²) in [4.78, 5) is 11.1. The van der Waals surface area contributed by atoms with Crippen LogP contribution in [0.2, 0.25) is 0 Å². The zero-order chi connectivity index (χ0) is 12.0. The number of carboxylic acids is 1. The van der Waals surface area contributed by atoms with E-state index in [1.807, 2.05) is 12.1 Å². The maximum atomic E-state index is 11.1. The van der Waals surface area contributed by atoms with Crippen molar-refractivity contribution in [3.63, 3.8) is 0 Å². The molecule has 0 aliphatic heterocycles. The fourth-order valence-electron chi connectivity index (χ4n) is 1.95. The number of aliphatic hydroxyl groups is 1. The van der Waals surface area contributed by atoms with Crippen LogP contribution >= 0.6 is 0 Å². The van der Waals surface area contributed by atoms with E-state index >= 15 is 0 Å². The zero-order valence-electron chi connectivity index (χ0n) is 9.53. The van der Waals surface area contributed by atoms with Crippen molar-refractivity contribution in [3.05, 3.63) is 35.4 Å². The molecule has 3 heteroatoms. The molecule has 2 N–H and O–H groups in total. The number of rotatable bonds is 3. The van der Waals surface area contributed by atoms with Crippen molar-refractivity contribution in [3.8, 4) is 0 Å². The molecule has 0 saturated heterocycles. The zero-order valence-corrected chi connectivity index (χ0v) is 9.53. The number of carboxylic acid groups (broad SMARTS) is 1. The van der Waals surface area contributed by atoms with Crippen LogP contribution in [0.5, 0.6) is 0 Å². The molecule has 1 aromatic rings. The van der Waals surface area contributed by atoms with Gasteiger partial charge >= 0.3 is 5.97 Å². The molecule has 1 saturated carbocycles. The Morgan fingerprint density at radius 2 is 1.75 bits per heavy atom. The van der Waals surface area contributed by atoms with E-state index in [0.717, 1.165) is 11.1 Å². The minimum Gasteiger partial charge on any atom is -0.481 e. The number of hydrogen-bond donors (Lipinski definition) is 2. The van der Waals surface area contributed by atoms with E-state index in [2.05, 4.69) is 0 Å². The van der Waals surface area contributed by atoms with Crippen LogP contribution < -0.4 is 0 Å². The summed E-state index contributed by atoms with van der Waals surface area (Å²) < 4.78 is 0. The van der Waals surface area contributed by atoms with E-state index in [1.165, 1.54) is 0 Å². The van der Waals surface area contributed by atoms with Gasteiger partial charge in [0.2, 0.25) is 0 Å². The summed E-state index contributed by atoms with van der Waals surface area (Å²) in [6.45, 7) is 3.43. The molecule has 0 unspecified atom stereocenters. The molecule has 0 radical (unpaired) electrons. The third kappa shape index (κ3) is 1.71. The monoisotopic (exact) mass is 220 g/mol. The van der Waals surface area contributed by atoms with E-state index in [1.54, 1.807) is 26.0 Å². The van der Waals surface area contributed by atoms with Crippen molar-refractivity contribution in [2.45, 2.75) is 37.7 Å². The molecule has 1 fully saturated rings. The second kappa shape index (κ2) is 3.32. The molecule has 3 nitrogen and oxygen atoms in total. The van der Waals surface area contributed by atoms with Crippen molar-refractivity contribution in [1.29, 1.82) is 0 Å². The predicted octanol–water partition coefficient (Wildman–Crippen LogP) is 2.03. The van der Waals surface area contributed by atoms with E-state index in [9.17, 15) is 9.90 Å². The van der Waals surface area contributed by atoms with Crippen molar-refractivity contribution < 1.29 is 15.0 Å². The van der Waals surface area contributed by atoms with Crippen molar-refractivity contribution in [2.75, 3.05) is 0 Å². The minimum atomic E-state index is -0.877. The average Bonchev–Trinajstić information content (AvgIpc) is 2.97. The van der Waals surface area contributed by atoms with Crippen LogP contribution in [-0.2, 0) is 15.8 Å². The average molecular weight is 220 g/mol. The number of hydrogen-bond acceptors (Lipinski definition) is 2. The van der Waals surface area contributed by atoms with Crippen LogP contribution in [0.3, 0.4) is 0 Å². The Labute approximate surface area is 94.7 Å². The van der Waals surface area contributed by atoms with Gasteiger partial charge < -0.3 is 10.2 Å². The second-order valence-corrected chi connectivity index (χ2v) is 5.02. The molecule has 0 bridgehead atoms. The lowest BCUT2D eigenvalue weighted by Crippen LogP contribution is -2.20. The standard InChI is InChI=1S/C13H16O3/c1-12(2,16)9-3-5-10(6-4-9)13(7-8-13)11(14)15/h3-6,16H,7-8H2,1-2H3,(H,14,15). The first-order valence-corrected chi connectivity index (χ1v) is 5.43. The van der Waals surface area contributed by atoms with E-state index in [-0.39, 0.29) is 0 Å². The number of aliphatic carboxylic acids is 1. The topological polar surface area (TPSA) is 57.5 Å². The van der Waals surface area contributed by atoms with E-state index < -0.39 is 17.0 Å². The Hall–Kier alpha value is -1.35. The van der Waals surface area contributed by atoms with E-state index in [4.69, 9.17) is 5.11 Å². The van der Waals surface area contributed by atoms with E-state index in [0.29, 0.717) is 12.8 Å². The Morgan fingerprint density at radius 3 is 2.06 bits per heavy atom. The maximum Gasteiger partial charge on any atom is 0.314 e. The van der Waals surface area contributed by atoms with Crippen LogP contribution in [0.1, 0.15) is 37.8 Å². The fourth-order valence-corrected chi connectivity index (χ4v) is 1.95. The van der Waals surface area contributed by atoms with Gasteiger partial charge in [0.25, 0.3) is 0 Å². The third-order valence-corrected chi connectivity index (χ3v) is 3.30. The molecule has 1 aliphatic rings. The summed E-state index contributed by atoms with van der Waals surface area (Å²) in [6.07, 6.45) is 1.42. The van der Waals surface area contributed by atoms with Gasteiger partial charge in [0, 0.05) is 0 Å². The SMILES string of the molecule is CC(C)(O)c1ccc(C2(C(=O)O)CC2)cc1. The van der Waals surface area contributed by atoms with Gasteiger partial charge in [-0.15, -0.1) is 0 Å². The van der Waals surface area contributed by atoms with Gasteiger partial charge in [0.05, 0.1) is 11.0 Å². The molecular formula is C13H16O3. The Kier molecular flexibility index (Phi) is 2.31. The molecule has 1 aromatic carbocycles. The predicted molar refractivity (Wildman–Crippen MR) is 60.2 cm³/mol. The minimum absolute atomic E-state index is 0.655. The summed E-state index contributed by atoms with van der Waals surface area (Å²) in [7, 11) is 0. The van der Waals surface area contributed by atoms with Crippen LogP contribution in [0.25, 0.3) is 0 Å². The lowest BCUT2D eigenvalue weighted by molar-refractivity contribution is -0.140. The number of benzene rings is 1. The highest BCUT2D eigenvalue weighted by atomic mass is 16.4. The van der Waals surface area contributed by atoms with Gasteiger partial charge in [-0.1, -0.05) is 24.3 Å². The van der Waals surface area contributed by atoms with Gasteiger partial charge in [-0.2, -0.15) is 0 Å². The van der Waals surface area contributed by atoms with Gasteiger partial charge in [-0.25, -0.2) is 0 Å². The third-order valence-electron chi connectivity index (χ3n) is 3.30. The molecule has 16 heavy (non-hydrogen) atoms. The lowest BCUT2D eigenvalue weighted by Gasteiger charge is -2.19. The lowest BCUT2D eigenvalue weighted by atomic mass is 9.91. The van der Waals surface area contributed by atoms with Crippen LogP contribution in [0.4, 0.5) is 0 Å². The first-order chi connectivity index (χ1) is 7.36. The summed E-state index contributed by atoms with van der Waals surface area (Å²) in [5, 5.41) is 18.9. The molecular weight excluding hydrogens is 204 g/mol. The highest BCUT2D eigenvalue weighted by molar-refractivity contribution is 5.84. The van der Waals surface area contributed by atoms with Gasteiger partial charge in [0.15, 0.2) is 0 Å². The largest absolute Gasteiger partial charge is 0.481 e. The first kappa shape index (κ1) is 11.1. The van der Waals surface area contributed by atoms with Gasteiger partial charge in [-0.3, -0.25) is 4.79 Å². The molecule has 0 heterocycles. The first-order valence-electron chi connectivity index (χ1n) is 5.43. The summed E-state index contributed by atoms with van der Waals surface area (Å²) in [5.41, 5.74) is 0.113. The Morgan fingerprint density at radius 1 is 1.25 bits per heavy atom.